The average molecular weight is 256 g/mol. The molecule has 0 atom stereocenters. The van der Waals surface area contributed by atoms with Crippen LogP contribution in [0.1, 0.15) is 32.6 Å². The fourth-order valence-corrected chi connectivity index (χ4v) is 3.09. The lowest BCUT2D eigenvalue weighted by Gasteiger charge is -2.29. The van der Waals surface area contributed by atoms with Crippen LogP contribution in [0.25, 0.3) is 10.9 Å². The normalized spacial score (nSPS) is 16.1. The number of rotatable bonds is 3. The summed E-state index contributed by atoms with van der Waals surface area (Å²) in [5.41, 5.74) is 7.65. The molecule has 0 unspecified atom stereocenters. The van der Waals surface area contributed by atoms with Crippen molar-refractivity contribution in [2.75, 3.05) is 17.2 Å². The van der Waals surface area contributed by atoms with Gasteiger partial charge in [-0.1, -0.05) is 12.8 Å². The maximum absolute atomic E-state index is 5.91. The summed E-state index contributed by atoms with van der Waals surface area (Å²) in [7, 11) is 0. The average Bonchev–Trinajstić information content (AvgIpc) is 2.94. The van der Waals surface area contributed by atoms with Gasteiger partial charge in [-0.2, -0.15) is 0 Å². The van der Waals surface area contributed by atoms with Gasteiger partial charge in [0.15, 0.2) is 0 Å². The van der Waals surface area contributed by atoms with E-state index in [9.17, 15) is 0 Å². The van der Waals surface area contributed by atoms with Gasteiger partial charge in [-0.05, 0) is 38.0 Å². The Balaban J connectivity index is 2.09. The van der Waals surface area contributed by atoms with E-state index in [0.717, 1.165) is 29.0 Å². The second-order valence-electron chi connectivity index (χ2n) is 5.20. The first-order valence-electron chi connectivity index (χ1n) is 7.06. The second-order valence-corrected chi connectivity index (χ2v) is 5.20. The largest absolute Gasteiger partial charge is 0.399 e. The van der Waals surface area contributed by atoms with Crippen LogP contribution in [0.4, 0.5) is 11.5 Å². The van der Waals surface area contributed by atoms with Crippen molar-refractivity contribution in [1.29, 1.82) is 0 Å². The van der Waals surface area contributed by atoms with E-state index < -0.39 is 0 Å². The van der Waals surface area contributed by atoms with E-state index in [1.807, 2.05) is 18.2 Å². The van der Waals surface area contributed by atoms with E-state index in [2.05, 4.69) is 21.8 Å². The molecule has 1 saturated carbocycles. The number of anilines is 2. The molecule has 0 bridgehead atoms. The van der Waals surface area contributed by atoms with Crippen LogP contribution in [0, 0.1) is 0 Å². The van der Waals surface area contributed by atoms with Crippen LogP contribution >= 0.6 is 0 Å². The SMILES string of the molecule is CCN(c1ncnc2ccc(N)cc12)C1CCCC1. The predicted molar refractivity (Wildman–Crippen MR) is 79.2 cm³/mol. The van der Waals surface area contributed by atoms with Gasteiger partial charge in [0, 0.05) is 23.7 Å². The second kappa shape index (κ2) is 5.03. The van der Waals surface area contributed by atoms with Crippen LogP contribution < -0.4 is 10.6 Å². The van der Waals surface area contributed by atoms with Gasteiger partial charge >= 0.3 is 0 Å². The van der Waals surface area contributed by atoms with Crippen molar-refractivity contribution in [3.05, 3.63) is 24.5 Å². The van der Waals surface area contributed by atoms with Gasteiger partial charge in [0.2, 0.25) is 0 Å². The van der Waals surface area contributed by atoms with Crippen molar-refractivity contribution >= 4 is 22.4 Å². The first-order valence-corrected chi connectivity index (χ1v) is 7.06. The van der Waals surface area contributed by atoms with E-state index in [0.29, 0.717) is 6.04 Å². The molecule has 3 rings (SSSR count). The summed E-state index contributed by atoms with van der Waals surface area (Å²) in [5.74, 6) is 1.03. The molecule has 4 nitrogen and oxygen atoms in total. The molecule has 100 valence electrons. The quantitative estimate of drug-likeness (QED) is 0.858. The van der Waals surface area contributed by atoms with E-state index in [-0.39, 0.29) is 0 Å². The Bertz CT molecular complexity index is 575. The number of fused-ring (bicyclic) bond motifs is 1. The highest BCUT2D eigenvalue weighted by Crippen LogP contribution is 2.31. The standard InChI is InChI=1S/C15H20N4/c1-2-19(12-5-3-4-6-12)15-13-9-11(16)7-8-14(13)17-10-18-15/h7-10,12H,2-6,16H2,1H3. The zero-order valence-corrected chi connectivity index (χ0v) is 11.3. The highest BCUT2D eigenvalue weighted by Gasteiger charge is 2.23. The molecule has 1 aliphatic rings. The Morgan fingerprint density at radius 1 is 1.26 bits per heavy atom. The molecule has 0 amide bonds. The van der Waals surface area contributed by atoms with Gasteiger partial charge in [-0.3, -0.25) is 0 Å². The third-order valence-electron chi connectivity index (χ3n) is 4.02. The third kappa shape index (κ3) is 2.23. The third-order valence-corrected chi connectivity index (χ3v) is 4.02. The zero-order valence-electron chi connectivity index (χ0n) is 11.3. The predicted octanol–water partition coefficient (Wildman–Crippen LogP) is 2.98. The van der Waals surface area contributed by atoms with Crippen LogP contribution in [-0.4, -0.2) is 22.6 Å². The Morgan fingerprint density at radius 2 is 2.05 bits per heavy atom. The van der Waals surface area contributed by atoms with Crippen molar-refractivity contribution in [2.45, 2.75) is 38.6 Å². The molecule has 0 saturated heterocycles. The number of hydrogen-bond acceptors (Lipinski definition) is 4. The topological polar surface area (TPSA) is 55.0 Å². The van der Waals surface area contributed by atoms with E-state index in [1.165, 1.54) is 25.7 Å². The molecular formula is C15H20N4. The van der Waals surface area contributed by atoms with Gasteiger partial charge in [-0.25, -0.2) is 9.97 Å². The molecule has 2 aromatic rings. The maximum Gasteiger partial charge on any atom is 0.140 e. The Kier molecular flexibility index (Phi) is 3.23. The van der Waals surface area contributed by atoms with Crippen molar-refractivity contribution in [2.24, 2.45) is 0 Å². The van der Waals surface area contributed by atoms with E-state index >= 15 is 0 Å². The molecule has 0 aliphatic heterocycles. The molecule has 1 aromatic carbocycles. The van der Waals surface area contributed by atoms with Crippen molar-refractivity contribution in [1.82, 2.24) is 9.97 Å². The van der Waals surface area contributed by atoms with Gasteiger partial charge in [0.05, 0.1) is 5.52 Å². The van der Waals surface area contributed by atoms with Crippen molar-refractivity contribution in [3.63, 3.8) is 0 Å². The fourth-order valence-electron chi connectivity index (χ4n) is 3.09. The summed E-state index contributed by atoms with van der Waals surface area (Å²) in [4.78, 5) is 11.3. The molecule has 1 aromatic heterocycles. The van der Waals surface area contributed by atoms with Gasteiger partial charge in [0.25, 0.3) is 0 Å². The Morgan fingerprint density at radius 3 is 2.79 bits per heavy atom. The number of nitrogen functional groups attached to an aromatic ring is 1. The van der Waals surface area contributed by atoms with Crippen LogP contribution in [0.15, 0.2) is 24.5 Å². The van der Waals surface area contributed by atoms with Gasteiger partial charge in [0.1, 0.15) is 12.1 Å². The molecular weight excluding hydrogens is 236 g/mol. The number of nitrogens with zero attached hydrogens (tertiary/aromatic N) is 3. The zero-order chi connectivity index (χ0) is 13.2. The van der Waals surface area contributed by atoms with Crippen molar-refractivity contribution in [3.8, 4) is 0 Å². The smallest absolute Gasteiger partial charge is 0.140 e. The van der Waals surface area contributed by atoms with Gasteiger partial charge < -0.3 is 10.6 Å². The van der Waals surface area contributed by atoms with E-state index in [4.69, 9.17) is 5.73 Å². The summed E-state index contributed by atoms with van der Waals surface area (Å²) < 4.78 is 0. The molecule has 1 aliphatic carbocycles. The molecule has 1 fully saturated rings. The summed E-state index contributed by atoms with van der Waals surface area (Å²) in [6.45, 7) is 3.17. The highest BCUT2D eigenvalue weighted by molar-refractivity contribution is 5.91. The van der Waals surface area contributed by atoms with Crippen LogP contribution in [0.2, 0.25) is 0 Å². The minimum absolute atomic E-state index is 0.615. The molecule has 1 heterocycles. The summed E-state index contributed by atoms with van der Waals surface area (Å²) in [5, 5.41) is 1.07. The Labute approximate surface area is 113 Å². The maximum atomic E-state index is 5.91. The molecule has 2 N–H and O–H groups in total. The van der Waals surface area contributed by atoms with Gasteiger partial charge in [-0.15, -0.1) is 0 Å². The summed E-state index contributed by atoms with van der Waals surface area (Å²) >= 11 is 0. The lowest BCUT2D eigenvalue weighted by molar-refractivity contribution is 0.615. The fraction of sp³-hybridized carbons (Fsp3) is 0.467. The lowest BCUT2D eigenvalue weighted by atomic mass is 10.1. The minimum Gasteiger partial charge on any atom is -0.399 e. The highest BCUT2D eigenvalue weighted by atomic mass is 15.2. The monoisotopic (exact) mass is 256 g/mol. The van der Waals surface area contributed by atoms with Crippen LogP contribution in [0.5, 0.6) is 0 Å². The summed E-state index contributed by atoms with van der Waals surface area (Å²) in [6, 6.07) is 6.47. The number of benzene rings is 1. The van der Waals surface area contributed by atoms with E-state index in [1.54, 1.807) is 6.33 Å². The number of aromatic nitrogens is 2. The number of hydrogen-bond donors (Lipinski definition) is 1. The van der Waals surface area contributed by atoms with Crippen molar-refractivity contribution < 1.29 is 0 Å². The molecule has 19 heavy (non-hydrogen) atoms. The molecule has 4 heteroatoms. The molecule has 0 spiro atoms. The number of nitrogens with two attached hydrogens (primary N) is 1. The lowest BCUT2D eigenvalue weighted by Crippen LogP contribution is -2.33. The molecule has 0 radical (unpaired) electrons. The first kappa shape index (κ1) is 12.2. The summed E-state index contributed by atoms with van der Waals surface area (Å²) in [6.07, 6.45) is 6.84. The Hall–Kier alpha value is -1.84. The van der Waals surface area contributed by atoms with Crippen LogP contribution in [-0.2, 0) is 0 Å². The van der Waals surface area contributed by atoms with Crippen LogP contribution in [0.3, 0.4) is 0 Å². The first-order chi connectivity index (χ1) is 9.29. The minimum atomic E-state index is 0.615.